The van der Waals surface area contributed by atoms with Crippen molar-refractivity contribution in [1.82, 2.24) is 24.4 Å². The zero-order valence-corrected chi connectivity index (χ0v) is 13.2. The van der Waals surface area contributed by atoms with Crippen molar-refractivity contribution in [2.24, 2.45) is 0 Å². The van der Waals surface area contributed by atoms with Crippen LogP contribution in [0.4, 0.5) is 0 Å². The van der Waals surface area contributed by atoms with Crippen LogP contribution >= 0.6 is 0 Å². The van der Waals surface area contributed by atoms with Crippen LogP contribution < -0.4 is 0 Å². The van der Waals surface area contributed by atoms with Crippen LogP contribution in [0.15, 0.2) is 48.9 Å². The molecule has 0 saturated heterocycles. The van der Waals surface area contributed by atoms with Crippen molar-refractivity contribution in [2.45, 2.75) is 26.6 Å². The summed E-state index contributed by atoms with van der Waals surface area (Å²) in [5.74, 6) is 1.11. The number of fused-ring (bicyclic) bond motifs is 1. The van der Waals surface area contributed by atoms with Gasteiger partial charge in [0.15, 0.2) is 0 Å². The molecule has 5 heteroatoms. The number of pyridine rings is 2. The Kier molecular flexibility index (Phi) is 3.63. The molecule has 3 aromatic heterocycles. The second-order valence-corrected chi connectivity index (χ2v) is 5.93. The van der Waals surface area contributed by atoms with E-state index in [4.69, 9.17) is 0 Å². The maximum absolute atomic E-state index is 4.62. The first-order valence-corrected chi connectivity index (χ1v) is 7.89. The third-order valence-electron chi connectivity index (χ3n) is 4.23. The van der Waals surface area contributed by atoms with Gasteiger partial charge < -0.3 is 4.57 Å². The fraction of sp³-hybridized carbons (Fsp3) is 0.278. The largest absolute Gasteiger partial charge is 0.326 e. The van der Waals surface area contributed by atoms with Gasteiger partial charge in [-0.2, -0.15) is 0 Å². The molecule has 0 N–H and O–H groups in total. The van der Waals surface area contributed by atoms with Gasteiger partial charge in [0, 0.05) is 43.3 Å². The van der Waals surface area contributed by atoms with Gasteiger partial charge in [-0.15, -0.1) is 0 Å². The SMILES string of the molecule is Cc1cccc(CN2CCn3c(-c4cccnc4)cnc3C2)n1. The Balaban J connectivity index is 1.53. The Morgan fingerprint density at radius 2 is 2.04 bits per heavy atom. The molecule has 116 valence electrons. The second kappa shape index (κ2) is 5.93. The highest BCUT2D eigenvalue weighted by Crippen LogP contribution is 2.23. The second-order valence-electron chi connectivity index (χ2n) is 5.93. The van der Waals surface area contributed by atoms with Crippen LogP contribution in [-0.2, 0) is 19.6 Å². The zero-order chi connectivity index (χ0) is 15.6. The lowest BCUT2D eigenvalue weighted by Crippen LogP contribution is -2.33. The number of hydrogen-bond donors (Lipinski definition) is 0. The minimum absolute atomic E-state index is 0.857. The Morgan fingerprint density at radius 3 is 2.87 bits per heavy atom. The van der Waals surface area contributed by atoms with Gasteiger partial charge >= 0.3 is 0 Å². The number of hydrogen-bond acceptors (Lipinski definition) is 4. The molecule has 0 saturated carbocycles. The van der Waals surface area contributed by atoms with E-state index in [2.05, 4.69) is 42.6 Å². The van der Waals surface area contributed by atoms with E-state index in [-0.39, 0.29) is 0 Å². The van der Waals surface area contributed by atoms with Crippen LogP contribution in [0.5, 0.6) is 0 Å². The fourth-order valence-corrected chi connectivity index (χ4v) is 3.11. The van der Waals surface area contributed by atoms with Crippen LogP contribution in [0.2, 0.25) is 0 Å². The van der Waals surface area contributed by atoms with Gasteiger partial charge in [-0.1, -0.05) is 6.07 Å². The first-order chi connectivity index (χ1) is 11.3. The van der Waals surface area contributed by atoms with Gasteiger partial charge in [0.25, 0.3) is 0 Å². The van der Waals surface area contributed by atoms with E-state index in [1.807, 2.05) is 31.5 Å². The number of rotatable bonds is 3. The summed E-state index contributed by atoms with van der Waals surface area (Å²) in [7, 11) is 0. The summed E-state index contributed by atoms with van der Waals surface area (Å²) in [6.45, 7) is 5.72. The predicted octanol–water partition coefficient (Wildman–Crippen LogP) is 2.66. The molecule has 0 spiro atoms. The quantitative estimate of drug-likeness (QED) is 0.746. The molecule has 0 bridgehead atoms. The molecule has 0 fully saturated rings. The van der Waals surface area contributed by atoms with Gasteiger partial charge in [-0.3, -0.25) is 14.9 Å². The van der Waals surface area contributed by atoms with Crippen molar-refractivity contribution >= 4 is 0 Å². The summed E-state index contributed by atoms with van der Waals surface area (Å²) in [5.41, 5.74) is 4.47. The lowest BCUT2D eigenvalue weighted by atomic mass is 10.2. The predicted molar refractivity (Wildman–Crippen MR) is 88.5 cm³/mol. The lowest BCUT2D eigenvalue weighted by Gasteiger charge is -2.28. The molecular formula is C18H19N5. The molecule has 0 atom stereocenters. The summed E-state index contributed by atoms with van der Waals surface area (Å²) in [4.78, 5) is 15.8. The van der Waals surface area contributed by atoms with Crippen LogP contribution in [0.25, 0.3) is 11.3 Å². The summed E-state index contributed by atoms with van der Waals surface area (Å²) in [6.07, 6.45) is 5.65. The molecule has 5 nitrogen and oxygen atoms in total. The Morgan fingerprint density at radius 1 is 1.09 bits per heavy atom. The van der Waals surface area contributed by atoms with Gasteiger partial charge in [0.2, 0.25) is 0 Å². The molecule has 4 heterocycles. The third-order valence-corrected chi connectivity index (χ3v) is 4.23. The molecular weight excluding hydrogens is 286 g/mol. The van der Waals surface area contributed by atoms with Crippen molar-refractivity contribution in [2.75, 3.05) is 6.54 Å². The van der Waals surface area contributed by atoms with Crippen molar-refractivity contribution in [1.29, 1.82) is 0 Å². The highest BCUT2D eigenvalue weighted by Gasteiger charge is 2.20. The van der Waals surface area contributed by atoms with Gasteiger partial charge in [0.05, 0.1) is 24.1 Å². The monoisotopic (exact) mass is 305 g/mol. The molecule has 3 aromatic rings. The molecule has 4 rings (SSSR count). The van der Waals surface area contributed by atoms with E-state index in [0.29, 0.717) is 0 Å². The van der Waals surface area contributed by atoms with Crippen molar-refractivity contribution < 1.29 is 0 Å². The van der Waals surface area contributed by atoms with E-state index in [9.17, 15) is 0 Å². The highest BCUT2D eigenvalue weighted by atomic mass is 15.2. The average Bonchev–Trinajstić information content (AvgIpc) is 2.99. The average molecular weight is 305 g/mol. The van der Waals surface area contributed by atoms with Gasteiger partial charge in [-0.25, -0.2) is 4.98 Å². The summed E-state index contributed by atoms with van der Waals surface area (Å²) in [6, 6.07) is 10.2. The van der Waals surface area contributed by atoms with Crippen LogP contribution in [0.3, 0.4) is 0 Å². The van der Waals surface area contributed by atoms with Crippen LogP contribution in [0, 0.1) is 6.92 Å². The third kappa shape index (κ3) is 2.87. The topological polar surface area (TPSA) is 46.8 Å². The number of imidazole rings is 1. The molecule has 0 unspecified atom stereocenters. The Labute approximate surface area is 135 Å². The number of aryl methyl sites for hydroxylation is 1. The van der Waals surface area contributed by atoms with Crippen LogP contribution in [0.1, 0.15) is 17.2 Å². The first kappa shape index (κ1) is 14.1. The number of nitrogens with zero attached hydrogens (tertiary/aromatic N) is 5. The highest BCUT2D eigenvalue weighted by molar-refractivity contribution is 5.58. The van der Waals surface area contributed by atoms with Crippen LogP contribution in [-0.4, -0.2) is 31.0 Å². The molecule has 0 radical (unpaired) electrons. The molecule has 1 aliphatic heterocycles. The van der Waals surface area contributed by atoms with Gasteiger partial charge in [-0.05, 0) is 31.2 Å². The summed E-state index contributed by atoms with van der Waals surface area (Å²) >= 11 is 0. The minimum atomic E-state index is 0.857. The molecule has 1 aliphatic rings. The minimum Gasteiger partial charge on any atom is -0.326 e. The van der Waals surface area contributed by atoms with Crippen molar-refractivity contribution in [3.8, 4) is 11.3 Å². The van der Waals surface area contributed by atoms with E-state index in [1.54, 1.807) is 6.20 Å². The molecule has 23 heavy (non-hydrogen) atoms. The lowest BCUT2D eigenvalue weighted by molar-refractivity contribution is 0.207. The molecule has 0 aromatic carbocycles. The normalized spacial score (nSPS) is 14.7. The van der Waals surface area contributed by atoms with Crippen molar-refractivity contribution in [3.05, 3.63) is 66.1 Å². The summed E-state index contributed by atoms with van der Waals surface area (Å²) < 4.78 is 2.30. The first-order valence-electron chi connectivity index (χ1n) is 7.89. The molecule has 0 aliphatic carbocycles. The maximum atomic E-state index is 4.62. The number of aromatic nitrogens is 4. The molecule has 0 amide bonds. The maximum Gasteiger partial charge on any atom is 0.123 e. The van der Waals surface area contributed by atoms with E-state index in [0.717, 1.165) is 54.6 Å². The van der Waals surface area contributed by atoms with E-state index in [1.165, 1.54) is 0 Å². The zero-order valence-electron chi connectivity index (χ0n) is 13.2. The van der Waals surface area contributed by atoms with E-state index < -0.39 is 0 Å². The van der Waals surface area contributed by atoms with Crippen molar-refractivity contribution in [3.63, 3.8) is 0 Å². The summed E-state index contributed by atoms with van der Waals surface area (Å²) in [5, 5.41) is 0. The Hall–Kier alpha value is -2.53. The Bertz CT molecular complexity index is 809. The van der Waals surface area contributed by atoms with E-state index >= 15 is 0 Å². The smallest absolute Gasteiger partial charge is 0.123 e. The standard InChI is InChI=1S/C18H19N5/c1-14-4-2-6-16(21-14)12-22-8-9-23-17(11-20-18(23)13-22)15-5-3-7-19-10-15/h2-7,10-11H,8-9,12-13H2,1H3. The van der Waals surface area contributed by atoms with Gasteiger partial charge in [0.1, 0.15) is 5.82 Å². The fourth-order valence-electron chi connectivity index (χ4n) is 3.11.